The lowest BCUT2D eigenvalue weighted by molar-refractivity contribution is -0.0987. The maximum Gasteiger partial charge on any atom is 0.192 e. The summed E-state index contributed by atoms with van der Waals surface area (Å²) in [5, 5.41) is 3.43. The molecule has 1 saturated carbocycles. The van der Waals surface area contributed by atoms with E-state index in [4.69, 9.17) is 13.9 Å². The van der Waals surface area contributed by atoms with Crippen LogP contribution in [0.4, 0.5) is 0 Å². The fourth-order valence-corrected chi connectivity index (χ4v) is 7.30. The van der Waals surface area contributed by atoms with Crippen molar-refractivity contribution in [1.29, 1.82) is 0 Å². The summed E-state index contributed by atoms with van der Waals surface area (Å²) in [7, 11) is 1.85. The van der Waals surface area contributed by atoms with Gasteiger partial charge in [-0.05, 0) is 68.9 Å². The molecule has 0 aromatic heterocycles. The molecular formula is C20H42N2O3Si. The predicted octanol–water partition coefficient (Wildman–Crippen LogP) is 3.46. The number of nitrogens with one attached hydrogen (secondary N) is 1. The minimum atomic E-state index is -1.52. The molecule has 1 heterocycles. The van der Waals surface area contributed by atoms with Crippen LogP contribution in [0.2, 0.25) is 18.1 Å². The lowest BCUT2D eigenvalue weighted by atomic mass is 9.90. The van der Waals surface area contributed by atoms with Crippen molar-refractivity contribution in [3.63, 3.8) is 0 Å². The first kappa shape index (κ1) is 22.3. The van der Waals surface area contributed by atoms with Gasteiger partial charge >= 0.3 is 0 Å². The Labute approximate surface area is 162 Å². The smallest absolute Gasteiger partial charge is 0.192 e. The van der Waals surface area contributed by atoms with Crippen molar-refractivity contribution in [2.75, 3.05) is 46.9 Å². The van der Waals surface area contributed by atoms with Crippen LogP contribution in [0.3, 0.4) is 0 Å². The van der Waals surface area contributed by atoms with E-state index in [1.807, 2.05) is 0 Å². The number of piperidine rings is 1. The number of nitrogens with zero attached hydrogens (tertiary/aromatic N) is 1. The SMILES string of the molecule is CC[Si](CC)(CC)OC1CN(CCCNCC(OC)OC)CCC12CC2. The van der Waals surface area contributed by atoms with Crippen LogP contribution >= 0.6 is 0 Å². The van der Waals surface area contributed by atoms with Gasteiger partial charge in [0.1, 0.15) is 0 Å². The Kier molecular flexibility index (Phi) is 9.04. The molecule has 0 aromatic carbocycles. The zero-order chi connectivity index (χ0) is 19.0. The van der Waals surface area contributed by atoms with Crippen LogP contribution in [-0.2, 0) is 13.9 Å². The summed E-state index contributed by atoms with van der Waals surface area (Å²) in [6, 6.07) is 3.78. The lowest BCUT2D eigenvalue weighted by Crippen LogP contribution is -2.52. The van der Waals surface area contributed by atoms with Crippen LogP contribution in [0.25, 0.3) is 0 Å². The van der Waals surface area contributed by atoms with E-state index in [-0.39, 0.29) is 6.29 Å². The quantitative estimate of drug-likeness (QED) is 0.298. The average Bonchev–Trinajstić information content (AvgIpc) is 3.46. The molecule has 1 aliphatic heterocycles. The molecule has 0 bridgehead atoms. The second kappa shape index (κ2) is 10.5. The van der Waals surface area contributed by atoms with Crippen molar-refractivity contribution < 1.29 is 13.9 Å². The number of hydrogen-bond donors (Lipinski definition) is 1. The number of rotatable bonds is 13. The molecule has 0 radical (unpaired) electrons. The highest BCUT2D eigenvalue weighted by atomic mass is 28.4. The molecule has 0 aromatic rings. The van der Waals surface area contributed by atoms with E-state index >= 15 is 0 Å². The standard InChI is InChI=1S/C20H42N2O3Si/c1-6-26(7-2,8-3)25-18-17-22(15-12-20(18)10-11-20)14-9-13-21-16-19(23-4)24-5/h18-19,21H,6-17H2,1-5H3. The van der Waals surface area contributed by atoms with Gasteiger partial charge in [0, 0.05) is 27.3 Å². The van der Waals surface area contributed by atoms with Gasteiger partial charge in [0.15, 0.2) is 14.6 Å². The van der Waals surface area contributed by atoms with Gasteiger partial charge in [-0.15, -0.1) is 0 Å². The molecule has 6 heteroatoms. The fraction of sp³-hybridized carbons (Fsp3) is 1.00. The highest BCUT2D eigenvalue weighted by molar-refractivity contribution is 6.73. The van der Waals surface area contributed by atoms with Crippen LogP contribution < -0.4 is 5.32 Å². The van der Waals surface area contributed by atoms with Crippen LogP contribution in [-0.4, -0.2) is 72.6 Å². The molecular weight excluding hydrogens is 344 g/mol. The molecule has 1 saturated heterocycles. The predicted molar refractivity (Wildman–Crippen MR) is 110 cm³/mol. The summed E-state index contributed by atoms with van der Waals surface area (Å²) in [5.74, 6) is 0. The number of methoxy groups -OCH3 is 2. The Balaban J connectivity index is 1.76. The van der Waals surface area contributed by atoms with Gasteiger partial charge < -0.3 is 24.1 Å². The van der Waals surface area contributed by atoms with Crippen molar-refractivity contribution in [1.82, 2.24) is 10.2 Å². The van der Waals surface area contributed by atoms with Crippen molar-refractivity contribution in [2.45, 2.75) is 77.0 Å². The summed E-state index contributed by atoms with van der Waals surface area (Å²) >= 11 is 0. The van der Waals surface area contributed by atoms with Crippen molar-refractivity contribution in [3.8, 4) is 0 Å². The summed E-state index contributed by atoms with van der Waals surface area (Å²) in [6.07, 6.45) is 5.63. The first-order chi connectivity index (χ1) is 12.6. The van der Waals surface area contributed by atoms with Crippen molar-refractivity contribution in [3.05, 3.63) is 0 Å². The van der Waals surface area contributed by atoms with E-state index < -0.39 is 8.32 Å². The molecule has 1 aliphatic carbocycles. The molecule has 0 amide bonds. The second-order valence-electron chi connectivity index (χ2n) is 8.22. The van der Waals surface area contributed by atoms with E-state index in [9.17, 15) is 0 Å². The van der Waals surface area contributed by atoms with Crippen LogP contribution in [0.5, 0.6) is 0 Å². The molecule has 1 N–H and O–H groups in total. The molecule has 26 heavy (non-hydrogen) atoms. The summed E-state index contributed by atoms with van der Waals surface area (Å²) in [4.78, 5) is 2.64. The van der Waals surface area contributed by atoms with Crippen molar-refractivity contribution in [2.24, 2.45) is 5.41 Å². The third kappa shape index (κ3) is 5.76. The Morgan fingerprint density at radius 2 is 1.73 bits per heavy atom. The Bertz CT molecular complexity index is 390. The number of ether oxygens (including phenoxy) is 2. The molecule has 5 nitrogen and oxygen atoms in total. The molecule has 154 valence electrons. The van der Waals surface area contributed by atoms with Gasteiger partial charge in [-0.25, -0.2) is 0 Å². The Morgan fingerprint density at radius 3 is 2.27 bits per heavy atom. The third-order valence-electron chi connectivity index (χ3n) is 6.92. The molecule has 1 spiro atoms. The van der Waals surface area contributed by atoms with Crippen molar-refractivity contribution >= 4 is 8.32 Å². The van der Waals surface area contributed by atoms with Gasteiger partial charge in [0.25, 0.3) is 0 Å². The van der Waals surface area contributed by atoms with Crippen LogP contribution in [0, 0.1) is 5.41 Å². The molecule has 2 fully saturated rings. The van der Waals surface area contributed by atoms with E-state index in [0.29, 0.717) is 11.5 Å². The molecule has 1 unspecified atom stereocenters. The largest absolute Gasteiger partial charge is 0.412 e. The third-order valence-corrected chi connectivity index (χ3v) is 11.6. The summed E-state index contributed by atoms with van der Waals surface area (Å²) < 4.78 is 17.4. The van der Waals surface area contributed by atoms with E-state index in [1.54, 1.807) is 14.2 Å². The molecule has 1 atom stereocenters. The Hall–Kier alpha value is 0.0169. The van der Waals surface area contributed by atoms with Gasteiger partial charge in [0.05, 0.1) is 6.10 Å². The lowest BCUT2D eigenvalue weighted by Gasteiger charge is -2.44. The molecule has 2 aliphatic rings. The van der Waals surface area contributed by atoms with Gasteiger partial charge in [-0.2, -0.15) is 0 Å². The number of hydrogen-bond acceptors (Lipinski definition) is 5. The minimum Gasteiger partial charge on any atom is -0.412 e. The normalized spacial score (nSPS) is 23.1. The van der Waals surface area contributed by atoms with Crippen LogP contribution in [0.15, 0.2) is 0 Å². The fourth-order valence-electron chi connectivity index (χ4n) is 4.37. The highest BCUT2D eigenvalue weighted by Gasteiger charge is 2.54. The van der Waals surface area contributed by atoms with E-state index in [2.05, 4.69) is 31.0 Å². The van der Waals surface area contributed by atoms with Gasteiger partial charge in [-0.3, -0.25) is 0 Å². The zero-order valence-corrected chi connectivity index (χ0v) is 18.8. The van der Waals surface area contributed by atoms with E-state index in [0.717, 1.165) is 32.6 Å². The summed E-state index contributed by atoms with van der Waals surface area (Å²) in [5.41, 5.74) is 0.538. The second-order valence-corrected chi connectivity index (χ2v) is 12.9. The minimum absolute atomic E-state index is 0.146. The summed E-state index contributed by atoms with van der Waals surface area (Å²) in [6.45, 7) is 12.3. The van der Waals surface area contributed by atoms with Gasteiger partial charge in [0.2, 0.25) is 0 Å². The van der Waals surface area contributed by atoms with Gasteiger partial charge in [-0.1, -0.05) is 20.8 Å². The molecule has 2 rings (SSSR count). The topological polar surface area (TPSA) is 43.0 Å². The maximum atomic E-state index is 6.97. The average molecular weight is 387 g/mol. The van der Waals surface area contributed by atoms with Crippen LogP contribution in [0.1, 0.15) is 46.5 Å². The first-order valence-electron chi connectivity index (χ1n) is 10.7. The monoisotopic (exact) mass is 386 g/mol. The zero-order valence-electron chi connectivity index (χ0n) is 17.8. The maximum absolute atomic E-state index is 6.97. The number of likely N-dealkylation sites (tertiary alicyclic amines) is 1. The van der Waals surface area contributed by atoms with E-state index in [1.165, 1.54) is 43.9 Å². The Morgan fingerprint density at radius 1 is 1.08 bits per heavy atom. The first-order valence-corrected chi connectivity index (χ1v) is 13.3. The highest BCUT2D eigenvalue weighted by Crippen LogP contribution is 2.55.